The minimum Gasteiger partial charge on any atom is -0.468 e. The van der Waals surface area contributed by atoms with Gasteiger partial charge in [0.2, 0.25) is 0 Å². The average molecular weight is 350 g/mol. The predicted molar refractivity (Wildman–Crippen MR) is 83.4 cm³/mol. The van der Waals surface area contributed by atoms with Crippen LogP contribution >= 0.6 is 0 Å². The third-order valence-corrected chi connectivity index (χ3v) is 6.85. The van der Waals surface area contributed by atoms with Gasteiger partial charge in [0, 0.05) is 19.6 Å². The summed E-state index contributed by atoms with van der Waals surface area (Å²) in [5.74, 6) is -1.64. The van der Waals surface area contributed by atoms with E-state index in [9.17, 15) is 14.4 Å². The number of ketones is 1. The fraction of sp³-hybridized carbons (Fsp3) is 0.722. The minimum absolute atomic E-state index is 0.0632. The van der Waals surface area contributed by atoms with Crippen LogP contribution in [0.2, 0.25) is 0 Å². The van der Waals surface area contributed by atoms with Crippen LogP contribution in [0.1, 0.15) is 19.3 Å². The van der Waals surface area contributed by atoms with Gasteiger partial charge >= 0.3 is 11.9 Å². The molecule has 0 aromatic carbocycles. The van der Waals surface area contributed by atoms with Gasteiger partial charge in [0.15, 0.2) is 16.8 Å². The number of fused-ring (bicyclic) bond motifs is 1. The molecule has 7 nitrogen and oxygen atoms in total. The number of Topliss-reactive ketones (excluding diaryl/α,β-unsaturated/α-hetero) is 1. The van der Waals surface area contributed by atoms with Crippen molar-refractivity contribution in [2.75, 3.05) is 27.9 Å². The number of hydrogen-bond donors (Lipinski definition) is 0. The smallest absolute Gasteiger partial charge is 0.323 e. The molecule has 1 saturated heterocycles. The van der Waals surface area contributed by atoms with E-state index in [-0.39, 0.29) is 30.5 Å². The number of hydrogen-bond acceptors (Lipinski definition) is 7. The quantitative estimate of drug-likeness (QED) is 0.420. The highest BCUT2D eigenvalue weighted by molar-refractivity contribution is 6.06. The maximum Gasteiger partial charge on any atom is 0.323 e. The zero-order valence-electron chi connectivity index (χ0n) is 14.6. The molecule has 0 radical (unpaired) electrons. The van der Waals surface area contributed by atoms with E-state index in [2.05, 4.69) is 0 Å². The van der Waals surface area contributed by atoms with E-state index in [0.717, 1.165) is 0 Å². The van der Waals surface area contributed by atoms with E-state index >= 15 is 0 Å². The van der Waals surface area contributed by atoms with Crippen molar-refractivity contribution in [2.45, 2.75) is 31.0 Å². The first-order valence-electron chi connectivity index (χ1n) is 8.51. The number of ether oxygens (including phenoxy) is 4. The van der Waals surface area contributed by atoms with Crippen LogP contribution in [0.5, 0.6) is 0 Å². The van der Waals surface area contributed by atoms with Crippen molar-refractivity contribution in [3.63, 3.8) is 0 Å². The Morgan fingerprint density at radius 3 is 2.44 bits per heavy atom. The summed E-state index contributed by atoms with van der Waals surface area (Å²) in [5.41, 5.74) is -3.37. The molecule has 5 atom stereocenters. The van der Waals surface area contributed by atoms with Gasteiger partial charge in [-0.05, 0) is 25.2 Å². The van der Waals surface area contributed by atoms with Gasteiger partial charge < -0.3 is 18.9 Å². The molecule has 0 unspecified atom stereocenters. The van der Waals surface area contributed by atoms with Crippen molar-refractivity contribution in [1.82, 2.24) is 0 Å². The molecule has 0 N–H and O–H groups in total. The third-order valence-electron chi connectivity index (χ3n) is 6.85. The van der Waals surface area contributed by atoms with Crippen LogP contribution in [-0.4, -0.2) is 57.4 Å². The first-order valence-corrected chi connectivity index (χ1v) is 8.51. The lowest BCUT2D eigenvalue weighted by Gasteiger charge is -2.45. The van der Waals surface area contributed by atoms with Gasteiger partial charge in [-0.25, -0.2) is 0 Å². The summed E-state index contributed by atoms with van der Waals surface area (Å²) < 4.78 is 21.4. The molecule has 0 aromatic heterocycles. The molecule has 4 aliphatic rings. The lowest BCUT2D eigenvalue weighted by Crippen LogP contribution is -2.60. The van der Waals surface area contributed by atoms with Gasteiger partial charge in [0.05, 0.1) is 19.6 Å². The summed E-state index contributed by atoms with van der Waals surface area (Å²) in [4.78, 5) is 38.6. The maximum atomic E-state index is 13.5. The monoisotopic (exact) mass is 350 g/mol. The molecule has 136 valence electrons. The molecule has 1 aliphatic heterocycles. The Morgan fingerprint density at radius 1 is 1.16 bits per heavy atom. The van der Waals surface area contributed by atoms with Crippen molar-refractivity contribution in [1.29, 1.82) is 0 Å². The molecule has 1 spiro atoms. The highest BCUT2D eigenvalue weighted by Crippen LogP contribution is 2.69. The van der Waals surface area contributed by atoms with Gasteiger partial charge in [-0.1, -0.05) is 12.2 Å². The molecular formula is C18H22O7. The number of rotatable bonds is 3. The summed E-state index contributed by atoms with van der Waals surface area (Å²) in [6, 6.07) is 0. The second-order valence-electron chi connectivity index (χ2n) is 7.47. The van der Waals surface area contributed by atoms with E-state index in [1.54, 1.807) is 0 Å². The Morgan fingerprint density at radius 2 is 1.84 bits per heavy atom. The number of carbonyl (C=O) groups excluding carboxylic acids is 3. The molecule has 3 aliphatic carbocycles. The van der Waals surface area contributed by atoms with Crippen molar-refractivity contribution >= 4 is 17.7 Å². The average Bonchev–Trinajstić information content (AvgIpc) is 3.07. The molecule has 4 rings (SSSR count). The third kappa shape index (κ3) is 1.66. The Hall–Kier alpha value is -1.73. The van der Waals surface area contributed by atoms with Crippen molar-refractivity contribution in [2.24, 2.45) is 22.7 Å². The number of allylic oxidation sites excluding steroid dienone is 1. The SMILES string of the molecule is COC(=O)C1(C(=O)OC)C[C@@H]2[C@H]3CCO[C@H]4C=C[C@]2(C1)C(=O)[C@]43OC. The molecular weight excluding hydrogens is 328 g/mol. The lowest BCUT2D eigenvalue weighted by molar-refractivity contribution is -0.186. The van der Waals surface area contributed by atoms with Crippen molar-refractivity contribution < 1.29 is 33.3 Å². The van der Waals surface area contributed by atoms with Gasteiger partial charge in [-0.15, -0.1) is 0 Å². The van der Waals surface area contributed by atoms with E-state index < -0.39 is 34.5 Å². The molecule has 1 heterocycles. The molecule has 2 saturated carbocycles. The Kier molecular flexibility index (Phi) is 3.44. The second kappa shape index (κ2) is 5.14. The number of methoxy groups -OCH3 is 3. The van der Waals surface area contributed by atoms with Gasteiger partial charge in [-0.3, -0.25) is 14.4 Å². The first-order chi connectivity index (χ1) is 11.9. The summed E-state index contributed by atoms with van der Waals surface area (Å²) >= 11 is 0. The largest absolute Gasteiger partial charge is 0.468 e. The highest BCUT2D eigenvalue weighted by atomic mass is 16.6. The zero-order chi connectivity index (χ0) is 18.0. The topological polar surface area (TPSA) is 88.1 Å². The summed E-state index contributed by atoms with van der Waals surface area (Å²) in [7, 11) is 4.04. The highest BCUT2D eigenvalue weighted by Gasteiger charge is 2.79. The maximum absolute atomic E-state index is 13.5. The van der Waals surface area contributed by atoms with Crippen molar-refractivity contribution in [3.05, 3.63) is 12.2 Å². The standard InChI is InChI=1S/C18H22O7/c1-22-14(20)17(15(21)23-2)8-11-10-5-7-25-12-4-6-16(11,9-17)13(19)18(10,12)24-3/h4,6,10-12H,5,7-9H2,1-3H3/t10-,11-,12+,16-,18-/m1/s1. The Bertz CT molecular complexity index is 667. The van der Waals surface area contributed by atoms with Gasteiger partial charge in [0.25, 0.3) is 0 Å². The summed E-state index contributed by atoms with van der Waals surface area (Å²) in [6.07, 6.45) is 4.23. The zero-order valence-corrected chi connectivity index (χ0v) is 14.6. The lowest BCUT2D eigenvalue weighted by atomic mass is 9.70. The molecule has 2 bridgehead atoms. The Balaban J connectivity index is 1.86. The first kappa shape index (κ1) is 16.7. The van der Waals surface area contributed by atoms with Crippen LogP contribution in [0.3, 0.4) is 0 Å². The van der Waals surface area contributed by atoms with Crippen LogP contribution in [0.15, 0.2) is 12.2 Å². The van der Waals surface area contributed by atoms with Crippen LogP contribution in [0.25, 0.3) is 0 Å². The normalized spacial score (nSPS) is 42.8. The van der Waals surface area contributed by atoms with Gasteiger partial charge in [-0.2, -0.15) is 0 Å². The van der Waals surface area contributed by atoms with Crippen LogP contribution < -0.4 is 0 Å². The number of carbonyl (C=O) groups is 3. The molecule has 0 amide bonds. The summed E-state index contributed by atoms with van der Waals surface area (Å²) in [6.45, 7) is 0.522. The van der Waals surface area contributed by atoms with E-state index in [1.807, 2.05) is 12.2 Å². The molecule has 3 fully saturated rings. The van der Waals surface area contributed by atoms with E-state index in [4.69, 9.17) is 18.9 Å². The van der Waals surface area contributed by atoms with Crippen molar-refractivity contribution in [3.8, 4) is 0 Å². The van der Waals surface area contributed by atoms with Gasteiger partial charge in [0.1, 0.15) is 6.10 Å². The molecule has 0 aromatic rings. The fourth-order valence-corrected chi connectivity index (χ4v) is 5.90. The van der Waals surface area contributed by atoms with E-state index in [1.165, 1.54) is 21.3 Å². The van der Waals surface area contributed by atoms with Crippen LogP contribution in [-0.2, 0) is 33.3 Å². The summed E-state index contributed by atoms with van der Waals surface area (Å²) in [5, 5.41) is 0. The van der Waals surface area contributed by atoms with Crippen LogP contribution in [0.4, 0.5) is 0 Å². The number of esters is 2. The minimum atomic E-state index is -1.45. The Labute approximate surface area is 145 Å². The molecule has 7 heteroatoms. The fourth-order valence-electron chi connectivity index (χ4n) is 5.90. The van der Waals surface area contributed by atoms with E-state index in [0.29, 0.717) is 13.0 Å². The second-order valence-corrected chi connectivity index (χ2v) is 7.47. The van der Waals surface area contributed by atoms with Crippen LogP contribution in [0, 0.1) is 22.7 Å². The molecule has 25 heavy (non-hydrogen) atoms. The predicted octanol–water partition coefficient (Wildman–Crippen LogP) is 0.658.